The Hall–Kier alpha value is 0.200. The third kappa shape index (κ3) is 5.17. The fourth-order valence-electron chi connectivity index (χ4n) is 1.71. The summed E-state index contributed by atoms with van der Waals surface area (Å²) < 4.78 is 21.7. The van der Waals surface area contributed by atoms with Crippen LogP contribution >= 0.6 is 11.6 Å². The minimum absolute atomic E-state index is 0.230. The van der Waals surface area contributed by atoms with E-state index in [4.69, 9.17) is 11.6 Å². The van der Waals surface area contributed by atoms with Crippen LogP contribution in [-0.4, -0.2) is 38.4 Å². The minimum atomic E-state index is -2.82. The lowest BCUT2D eigenvalue weighted by Gasteiger charge is -2.25. The fraction of sp³-hybridized carbons (Fsp3) is 1.00. The summed E-state index contributed by atoms with van der Waals surface area (Å²) in [6.45, 7) is 0.566. The molecule has 1 aliphatic rings. The molecule has 0 amide bonds. The van der Waals surface area contributed by atoms with E-state index in [0.29, 0.717) is 18.0 Å². The van der Waals surface area contributed by atoms with E-state index in [-0.39, 0.29) is 5.75 Å². The van der Waals surface area contributed by atoms with Gasteiger partial charge in [-0.1, -0.05) is 0 Å². The largest absolute Gasteiger partial charge is 0.313 e. The molecule has 14 heavy (non-hydrogen) atoms. The molecule has 1 N–H and O–H groups in total. The predicted octanol–water partition coefficient (Wildman–Crippen LogP) is 1.17. The SMILES string of the molecule is CS(=O)(=O)CCNC1CCC(Cl)CC1. The van der Waals surface area contributed by atoms with Crippen molar-refractivity contribution in [1.82, 2.24) is 5.32 Å². The normalized spacial score (nSPS) is 29.0. The highest BCUT2D eigenvalue weighted by Crippen LogP contribution is 2.22. The molecule has 5 heteroatoms. The number of sulfone groups is 1. The molecule has 3 nitrogen and oxygen atoms in total. The summed E-state index contributed by atoms with van der Waals surface area (Å²) in [5.41, 5.74) is 0. The van der Waals surface area contributed by atoms with Crippen LogP contribution in [0.15, 0.2) is 0 Å². The Kier molecular flexibility index (Phi) is 4.67. The number of hydrogen-bond donors (Lipinski definition) is 1. The van der Waals surface area contributed by atoms with Crippen molar-refractivity contribution in [2.24, 2.45) is 0 Å². The second kappa shape index (κ2) is 5.33. The Labute approximate surface area is 91.1 Å². The molecule has 0 unspecified atom stereocenters. The van der Waals surface area contributed by atoms with Gasteiger partial charge in [0.25, 0.3) is 0 Å². The Morgan fingerprint density at radius 1 is 1.29 bits per heavy atom. The number of hydrogen-bond acceptors (Lipinski definition) is 3. The first kappa shape index (κ1) is 12.3. The van der Waals surface area contributed by atoms with Crippen molar-refractivity contribution < 1.29 is 8.42 Å². The van der Waals surface area contributed by atoms with Crippen LogP contribution in [0.3, 0.4) is 0 Å². The fourth-order valence-corrected chi connectivity index (χ4v) is 2.45. The molecule has 0 heterocycles. The van der Waals surface area contributed by atoms with Crippen molar-refractivity contribution >= 4 is 21.4 Å². The molecule has 1 rings (SSSR count). The van der Waals surface area contributed by atoms with Crippen molar-refractivity contribution in [3.05, 3.63) is 0 Å². The second-order valence-corrected chi connectivity index (χ2v) is 6.91. The molecule has 84 valence electrons. The molecule has 0 aromatic heterocycles. The Bertz CT molecular complexity index is 258. The maximum Gasteiger partial charge on any atom is 0.148 e. The summed E-state index contributed by atoms with van der Waals surface area (Å²) in [5.74, 6) is 0.230. The van der Waals surface area contributed by atoms with Gasteiger partial charge >= 0.3 is 0 Å². The molecule has 0 atom stereocenters. The molecule has 0 bridgehead atoms. The van der Waals surface area contributed by atoms with Crippen molar-refractivity contribution in [2.75, 3.05) is 18.6 Å². The predicted molar refractivity (Wildman–Crippen MR) is 59.6 cm³/mol. The van der Waals surface area contributed by atoms with Crippen LogP contribution in [0.5, 0.6) is 0 Å². The lowest BCUT2D eigenvalue weighted by molar-refractivity contribution is 0.384. The van der Waals surface area contributed by atoms with E-state index in [1.807, 2.05) is 0 Å². The molecule has 0 radical (unpaired) electrons. The quantitative estimate of drug-likeness (QED) is 0.750. The summed E-state index contributed by atoms with van der Waals surface area (Å²) in [6.07, 6.45) is 5.48. The monoisotopic (exact) mass is 239 g/mol. The Balaban J connectivity index is 2.14. The molecule has 0 aliphatic heterocycles. The van der Waals surface area contributed by atoms with Gasteiger partial charge in [0.2, 0.25) is 0 Å². The topological polar surface area (TPSA) is 46.2 Å². The van der Waals surface area contributed by atoms with Crippen LogP contribution < -0.4 is 5.32 Å². The highest BCUT2D eigenvalue weighted by molar-refractivity contribution is 7.90. The van der Waals surface area contributed by atoms with E-state index in [1.165, 1.54) is 6.26 Å². The second-order valence-electron chi connectivity index (χ2n) is 4.03. The van der Waals surface area contributed by atoms with Crippen LogP contribution in [0.25, 0.3) is 0 Å². The zero-order valence-corrected chi connectivity index (χ0v) is 10.1. The van der Waals surface area contributed by atoms with Gasteiger partial charge in [-0.3, -0.25) is 0 Å². The first-order valence-corrected chi connectivity index (χ1v) is 7.52. The average molecular weight is 240 g/mol. The average Bonchev–Trinajstić information content (AvgIpc) is 2.06. The standard InChI is InChI=1S/C9H18ClNO2S/c1-14(12,13)7-6-11-9-4-2-8(10)3-5-9/h8-9,11H,2-7H2,1H3. The molecule has 0 saturated heterocycles. The summed E-state index contributed by atoms with van der Waals surface area (Å²) >= 11 is 5.96. The third-order valence-corrected chi connectivity index (χ3v) is 3.94. The molecular formula is C9H18ClNO2S. The zero-order chi connectivity index (χ0) is 10.6. The first-order chi connectivity index (χ1) is 6.47. The highest BCUT2D eigenvalue weighted by atomic mass is 35.5. The van der Waals surface area contributed by atoms with Crippen molar-refractivity contribution in [1.29, 1.82) is 0 Å². The van der Waals surface area contributed by atoms with E-state index in [1.54, 1.807) is 0 Å². The number of rotatable bonds is 4. The van der Waals surface area contributed by atoms with Gasteiger partial charge in [-0.05, 0) is 25.7 Å². The van der Waals surface area contributed by atoms with Gasteiger partial charge in [-0.25, -0.2) is 8.42 Å². The summed E-state index contributed by atoms with van der Waals surface area (Å²) in [6, 6.07) is 0.465. The maximum absolute atomic E-state index is 10.9. The van der Waals surface area contributed by atoms with Gasteiger partial charge in [0.15, 0.2) is 0 Å². The van der Waals surface area contributed by atoms with Gasteiger partial charge < -0.3 is 5.32 Å². The summed E-state index contributed by atoms with van der Waals surface area (Å²) in [7, 11) is -2.82. The van der Waals surface area contributed by atoms with Crippen molar-refractivity contribution in [3.8, 4) is 0 Å². The lowest BCUT2D eigenvalue weighted by Crippen LogP contribution is -2.36. The van der Waals surface area contributed by atoms with Gasteiger partial charge in [0.1, 0.15) is 9.84 Å². The van der Waals surface area contributed by atoms with E-state index in [0.717, 1.165) is 25.7 Å². The minimum Gasteiger partial charge on any atom is -0.313 e. The van der Waals surface area contributed by atoms with Crippen LogP contribution in [-0.2, 0) is 9.84 Å². The summed E-state index contributed by atoms with van der Waals surface area (Å²) in [4.78, 5) is 0. The van der Waals surface area contributed by atoms with E-state index in [2.05, 4.69) is 5.32 Å². The van der Waals surface area contributed by atoms with Gasteiger partial charge in [-0.2, -0.15) is 0 Å². The molecule has 1 saturated carbocycles. The van der Waals surface area contributed by atoms with Crippen LogP contribution in [0.1, 0.15) is 25.7 Å². The van der Waals surface area contributed by atoms with Crippen LogP contribution in [0.4, 0.5) is 0 Å². The third-order valence-electron chi connectivity index (χ3n) is 2.56. The molecule has 1 aliphatic carbocycles. The molecule has 0 aromatic carbocycles. The van der Waals surface area contributed by atoms with Crippen molar-refractivity contribution in [2.45, 2.75) is 37.1 Å². The number of halogens is 1. The first-order valence-electron chi connectivity index (χ1n) is 5.02. The molecule has 0 aromatic rings. The smallest absolute Gasteiger partial charge is 0.148 e. The van der Waals surface area contributed by atoms with Gasteiger partial charge in [-0.15, -0.1) is 11.6 Å². The number of nitrogens with one attached hydrogen (secondary N) is 1. The Morgan fingerprint density at radius 3 is 2.36 bits per heavy atom. The zero-order valence-electron chi connectivity index (χ0n) is 8.50. The van der Waals surface area contributed by atoms with E-state index in [9.17, 15) is 8.42 Å². The lowest BCUT2D eigenvalue weighted by atomic mass is 9.95. The van der Waals surface area contributed by atoms with Crippen LogP contribution in [0.2, 0.25) is 0 Å². The summed E-state index contributed by atoms with van der Waals surface area (Å²) in [5, 5.41) is 3.58. The maximum atomic E-state index is 10.9. The van der Waals surface area contributed by atoms with Crippen LogP contribution in [0, 0.1) is 0 Å². The molecule has 0 spiro atoms. The van der Waals surface area contributed by atoms with Gasteiger partial charge in [0.05, 0.1) is 5.75 Å². The highest BCUT2D eigenvalue weighted by Gasteiger charge is 2.18. The molecular weight excluding hydrogens is 222 g/mol. The van der Waals surface area contributed by atoms with E-state index < -0.39 is 9.84 Å². The van der Waals surface area contributed by atoms with Gasteiger partial charge in [0, 0.05) is 24.2 Å². The number of alkyl halides is 1. The van der Waals surface area contributed by atoms with E-state index >= 15 is 0 Å². The molecule has 1 fully saturated rings. The Morgan fingerprint density at radius 2 is 1.86 bits per heavy atom. The van der Waals surface area contributed by atoms with Crippen molar-refractivity contribution in [3.63, 3.8) is 0 Å².